The summed E-state index contributed by atoms with van der Waals surface area (Å²) in [7, 11) is 0. The maximum absolute atomic E-state index is 5.82. The highest BCUT2D eigenvalue weighted by Gasteiger charge is 2.19. The minimum Gasteiger partial charge on any atom is -0.494 e. The lowest BCUT2D eigenvalue weighted by Crippen LogP contribution is -2.41. The molecule has 1 aromatic carbocycles. The fourth-order valence-electron chi connectivity index (χ4n) is 2.79. The van der Waals surface area contributed by atoms with Gasteiger partial charge in [0, 0.05) is 19.1 Å². The van der Waals surface area contributed by atoms with Crippen LogP contribution in [0.3, 0.4) is 0 Å². The molecule has 3 nitrogen and oxygen atoms in total. The number of rotatable bonds is 6. The molecule has 0 aliphatic carbocycles. The monoisotopic (exact) mass is 290 g/mol. The van der Waals surface area contributed by atoms with Crippen LogP contribution in [0.5, 0.6) is 5.75 Å². The molecule has 1 aromatic rings. The maximum atomic E-state index is 5.82. The minimum atomic E-state index is 0.630. The van der Waals surface area contributed by atoms with Crippen molar-refractivity contribution < 1.29 is 4.74 Å². The summed E-state index contributed by atoms with van der Waals surface area (Å²) in [6.45, 7) is 12.2. The second kappa shape index (κ2) is 8.40. The average Bonchev–Trinajstić information content (AvgIpc) is 2.71. The van der Waals surface area contributed by atoms with E-state index in [0.717, 1.165) is 31.9 Å². The second-order valence-corrected chi connectivity index (χ2v) is 6.47. The van der Waals surface area contributed by atoms with E-state index in [1.54, 1.807) is 0 Å². The first-order valence-electron chi connectivity index (χ1n) is 8.30. The predicted octanol–water partition coefficient (Wildman–Crippen LogP) is 3.08. The van der Waals surface area contributed by atoms with E-state index in [4.69, 9.17) is 4.74 Å². The SMILES string of the molecule is Cc1ccc(OCCCN2CCCNC(C(C)C)C2)cc1. The molecule has 0 spiro atoms. The largest absolute Gasteiger partial charge is 0.494 e. The number of nitrogens with zero attached hydrogens (tertiary/aromatic N) is 1. The van der Waals surface area contributed by atoms with Gasteiger partial charge in [0.25, 0.3) is 0 Å². The molecule has 1 aliphatic heterocycles. The van der Waals surface area contributed by atoms with Crippen LogP contribution in [-0.4, -0.2) is 43.7 Å². The standard InChI is InChI=1S/C18H30N2O/c1-15(2)18-14-20(11-4-10-19-18)12-5-13-21-17-8-6-16(3)7-9-17/h6-9,15,18-19H,4-5,10-14H2,1-3H3. The summed E-state index contributed by atoms with van der Waals surface area (Å²) in [5.41, 5.74) is 1.28. The first-order chi connectivity index (χ1) is 10.1. The van der Waals surface area contributed by atoms with Crippen LogP contribution in [0.1, 0.15) is 32.3 Å². The Kier molecular flexibility index (Phi) is 6.52. The van der Waals surface area contributed by atoms with Gasteiger partial charge in [-0.25, -0.2) is 0 Å². The summed E-state index contributed by atoms with van der Waals surface area (Å²) < 4.78 is 5.82. The molecular formula is C18H30N2O. The molecule has 118 valence electrons. The summed E-state index contributed by atoms with van der Waals surface area (Å²) in [6.07, 6.45) is 2.35. The van der Waals surface area contributed by atoms with Crippen LogP contribution in [0.2, 0.25) is 0 Å². The molecule has 0 aromatic heterocycles. The molecule has 1 unspecified atom stereocenters. The topological polar surface area (TPSA) is 24.5 Å². The van der Waals surface area contributed by atoms with Gasteiger partial charge >= 0.3 is 0 Å². The molecule has 3 heteroatoms. The van der Waals surface area contributed by atoms with Crippen molar-refractivity contribution in [2.24, 2.45) is 5.92 Å². The molecule has 1 saturated heterocycles. The van der Waals surface area contributed by atoms with E-state index in [9.17, 15) is 0 Å². The Balaban J connectivity index is 1.68. The molecule has 0 bridgehead atoms. The van der Waals surface area contributed by atoms with Crippen LogP contribution in [0.15, 0.2) is 24.3 Å². The van der Waals surface area contributed by atoms with Gasteiger partial charge in [0.2, 0.25) is 0 Å². The van der Waals surface area contributed by atoms with E-state index in [-0.39, 0.29) is 0 Å². The molecular weight excluding hydrogens is 260 g/mol. The highest BCUT2D eigenvalue weighted by Crippen LogP contribution is 2.12. The number of benzene rings is 1. The van der Waals surface area contributed by atoms with E-state index < -0.39 is 0 Å². The first-order valence-corrected chi connectivity index (χ1v) is 8.30. The third-order valence-corrected chi connectivity index (χ3v) is 4.23. The normalized spacial score (nSPS) is 20.5. The number of aryl methyl sites for hydroxylation is 1. The van der Waals surface area contributed by atoms with Crippen LogP contribution in [-0.2, 0) is 0 Å². The van der Waals surface area contributed by atoms with Crippen LogP contribution in [0.4, 0.5) is 0 Å². The summed E-state index contributed by atoms with van der Waals surface area (Å²) in [4.78, 5) is 2.59. The Bertz CT molecular complexity index is 402. The summed E-state index contributed by atoms with van der Waals surface area (Å²) >= 11 is 0. The van der Waals surface area contributed by atoms with Gasteiger partial charge in [-0.15, -0.1) is 0 Å². The van der Waals surface area contributed by atoms with Gasteiger partial charge in [-0.05, 0) is 50.9 Å². The highest BCUT2D eigenvalue weighted by atomic mass is 16.5. The third kappa shape index (κ3) is 5.68. The fraction of sp³-hybridized carbons (Fsp3) is 0.667. The molecule has 1 heterocycles. The molecule has 1 N–H and O–H groups in total. The molecule has 0 radical (unpaired) electrons. The molecule has 21 heavy (non-hydrogen) atoms. The van der Waals surface area contributed by atoms with E-state index in [2.05, 4.69) is 55.3 Å². The van der Waals surface area contributed by atoms with Crippen molar-refractivity contribution in [3.8, 4) is 5.75 Å². The van der Waals surface area contributed by atoms with Crippen molar-refractivity contribution in [2.75, 3.05) is 32.8 Å². The highest BCUT2D eigenvalue weighted by molar-refractivity contribution is 5.26. The van der Waals surface area contributed by atoms with Crippen LogP contribution >= 0.6 is 0 Å². The number of nitrogens with one attached hydrogen (secondary N) is 1. The second-order valence-electron chi connectivity index (χ2n) is 6.47. The van der Waals surface area contributed by atoms with Gasteiger partial charge in [-0.3, -0.25) is 0 Å². The van der Waals surface area contributed by atoms with Crippen molar-refractivity contribution in [1.29, 1.82) is 0 Å². The van der Waals surface area contributed by atoms with Gasteiger partial charge in [-0.2, -0.15) is 0 Å². The Morgan fingerprint density at radius 1 is 1.29 bits per heavy atom. The fourth-order valence-corrected chi connectivity index (χ4v) is 2.79. The zero-order valence-electron chi connectivity index (χ0n) is 13.8. The van der Waals surface area contributed by atoms with Crippen molar-refractivity contribution in [3.05, 3.63) is 29.8 Å². The number of hydrogen-bond donors (Lipinski definition) is 1. The average molecular weight is 290 g/mol. The lowest BCUT2D eigenvalue weighted by Gasteiger charge is -2.26. The molecule has 1 atom stereocenters. The Morgan fingerprint density at radius 2 is 2.05 bits per heavy atom. The van der Waals surface area contributed by atoms with Crippen LogP contribution < -0.4 is 10.1 Å². The Labute approximate surface area is 129 Å². The van der Waals surface area contributed by atoms with Gasteiger partial charge < -0.3 is 15.0 Å². The first kappa shape index (κ1) is 16.3. The van der Waals surface area contributed by atoms with E-state index in [1.165, 1.54) is 25.1 Å². The van der Waals surface area contributed by atoms with E-state index in [1.807, 2.05) is 0 Å². The third-order valence-electron chi connectivity index (χ3n) is 4.23. The minimum absolute atomic E-state index is 0.630. The van der Waals surface area contributed by atoms with Crippen LogP contribution in [0, 0.1) is 12.8 Å². The molecule has 0 saturated carbocycles. The van der Waals surface area contributed by atoms with Crippen molar-refractivity contribution in [2.45, 2.75) is 39.7 Å². The molecule has 2 rings (SSSR count). The predicted molar refractivity (Wildman–Crippen MR) is 89.0 cm³/mol. The van der Waals surface area contributed by atoms with Crippen LogP contribution in [0.25, 0.3) is 0 Å². The lowest BCUT2D eigenvalue weighted by molar-refractivity contribution is 0.218. The smallest absolute Gasteiger partial charge is 0.119 e. The Morgan fingerprint density at radius 3 is 2.76 bits per heavy atom. The zero-order chi connectivity index (χ0) is 15.1. The molecule has 0 amide bonds. The van der Waals surface area contributed by atoms with Gasteiger partial charge in [0.05, 0.1) is 6.61 Å². The van der Waals surface area contributed by atoms with Gasteiger partial charge in [0.1, 0.15) is 5.75 Å². The maximum Gasteiger partial charge on any atom is 0.119 e. The number of hydrogen-bond acceptors (Lipinski definition) is 3. The number of ether oxygens (including phenoxy) is 1. The van der Waals surface area contributed by atoms with Gasteiger partial charge in [0.15, 0.2) is 0 Å². The van der Waals surface area contributed by atoms with Crippen molar-refractivity contribution >= 4 is 0 Å². The summed E-state index contributed by atoms with van der Waals surface area (Å²) in [5, 5.41) is 3.66. The molecule has 1 aliphatic rings. The van der Waals surface area contributed by atoms with E-state index >= 15 is 0 Å². The van der Waals surface area contributed by atoms with Gasteiger partial charge in [-0.1, -0.05) is 31.5 Å². The summed E-state index contributed by atoms with van der Waals surface area (Å²) in [5.74, 6) is 1.69. The van der Waals surface area contributed by atoms with Crippen molar-refractivity contribution in [1.82, 2.24) is 10.2 Å². The van der Waals surface area contributed by atoms with E-state index in [0.29, 0.717) is 12.0 Å². The Hall–Kier alpha value is -1.06. The molecule has 1 fully saturated rings. The lowest BCUT2D eigenvalue weighted by atomic mass is 10.0. The van der Waals surface area contributed by atoms with Crippen molar-refractivity contribution in [3.63, 3.8) is 0 Å². The quantitative estimate of drug-likeness (QED) is 0.815. The zero-order valence-corrected chi connectivity index (χ0v) is 13.8. The summed E-state index contributed by atoms with van der Waals surface area (Å²) in [6, 6.07) is 8.94.